The van der Waals surface area contributed by atoms with Crippen molar-refractivity contribution in [1.82, 2.24) is 4.90 Å². The molecule has 1 fully saturated rings. The molecule has 84 valence electrons. The van der Waals surface area contributed by atoms with Gasteiger partial charge >= 0.3 is 11.9 Å². The quantitative estimate of drug-likeness (QED) is 0.701. The number of amides is 1. The summed E-state index contributed by atoms with van der Waals surface area (Å²) in [7, 11) is 0. The Labute approximate surface area is 91.6 Å². The second-order valence-corrected chi connectivity index (χ2v) is 3.96. The molecule has 1 rings (SSSR count). The number of carboxylic acids is 2. The minimum Gasteiger partial charge on any atom is -0.481 e. The molecule has 1 saturated heterocycles. The molecule has 6 nitrogen and oxygen atoms in total. The van der Waals surface area contributed by atoms with Gasteiger partial charge in [0, 0.05) is 13.5 Å². The summed E-state index contributed by atoms with van der Waals surface area (Å²) >= 11 is 1.30. The summed E-state index contributed by atoms with van der Waals surface area (Å²) in [6, 6.07) is -0.904. The van der Waals surface area contributed by atoms with Crippen molar-refractivity contribution in [1.29, 1.82) is 0 Å². The number of hydrogen-bond acceptors (Lipinski definition) is 4. The minimum atomic E-state index is -1.53. The SMILES string of the molecule is [2H]C(CC(=O)N1CSC[C@H]1C(=O)O)C(=O)O. The van der Waals surface area contributed by atoms with Gasteiger partial charge in [-0.2, -0.15) is 0 Å². The van der Waals surface area contributed by atoms with Crippen molar-refractivity contribution in [3.8, 4) is 0 Å². The predicted molar refractivity (Wildman–Crippen MR) is 52.5 cm³/mol. The zero-order valence-corrected chi connectivity index (χ0v) is 8.57. The molecule has 7 heteroatoms. The summed E-state index contributed by atoms with van der Waals surface area (Å²) in [5.41, 5.74) is 0. The molecule has 2 N–H and O–H groups in total. The van der Waals surface area contributed by atoms with Gasteiger partial charge < -0.3 is 15.1 Å². The third-order valence-electron chi connectivity index (χ3n) is 1.94. The fourth-order valence-electron chi connectivity index (χ4n) is 1.18. The number of nitrogens with zero attached hydrogens (tertiary/aromatic N) is 1. The lowest BCUT2D eigenvalue weighted by molar-refractivity contribution is -0.148. The first kappa shape index (κ1) is 10.3. The Bertz CT molecular complexity index is 324. The molecule has 1 unspecified atom stereocenters. The van der Waals surface area contributed by atoms with Gasteiger partial charge in [-0.3, -0.25) is 9.59 Å². The van der Waals surface area contributed by atoms with Crippen LogP contribution in [0.15, 0.2) is 0 Å². The largest absolute Gasteiger partial charge is 0.481 e. The van der Waals surface area contributed by atoms with Crippen LogP contribution in [0, 0.1) is 0 Å². The number of thioether (sulfide) groups is 1. The minimum absolute atomic E-state index is 0.238. The maximum Gasteiger partial charge on any atom is 0.327 e. The maximum atomic E-state index is 11.5. The van der Waals surface area contributed by atoms with E-state index in [0.717, 1.165) is 4.90 Å². The van der Waals surface area contributed by atoms with Gasteiger partial charge in [-0.15, -0.1) is 11.8 Å². The van der Waals surface area contributed by atoms with E-state index in [1.807, 2.05) is 0 Å². The first-order valence-corrected chi connectivity index (χ1v) is 5.34. The summed E-state index contributed by atoms with van der Waals surface area (Å²) in [4.78, 5) is 33.8. The highest BCUT2D eigenvalue weighted by Gasteiger charge is 2.34. The highest BCUT2D eigenvalue weighted by molar-refractivity contribution is 7.99. The van der Waals surface area contributed by atoms with E-state index in [2.05, 4.69) is 0 Å². The molecule has 0 bridgehead atoms. The van der Waals surface area contributed by atoms with Gasteiger partial charge in [0.15, 0.2) is 0 Å². The lowest BCUT2D eigenvalue weighted by atomic mass is 10.2. The van der Waals surface area contributed by atoms with Crippen LogP contribution in [0.5, 0.6) is 0 Å². The second-order valence-electron chi connectivity index (χ2n) is 2.96. The lowest BCUT2D eigenvalue weighted by Gasteiger charge is -2.19. The standard InChI is InChI=1S/C8H11NO5S/c10-6(1-2-7(11)12)9-4-15-3-5(9)8(13)14/h5H,1-4H2,(H,11,12)(H,13,14)/t5-/m0/s1/i2D/t2?,5-. The highest BCUT2D eigenvalue weighted by atomic mass is 32.2. The second kappa shape index (κ2) is 5.01. The smallest absolute Gasteiger partial charge is 0.327 e. The monoisotopic (exact) mass is 234 g/mol. The maximum absolute atomic E-state index is 11.5. The summed E-state index contributed by atoms with van der Waals surface area (Å²) in [5, 5.41) is 17.3. The van der Waals surface area contributed by atoms with Gasteiger partial charge in [0.2, 0.25) is 5.91 Å². The summed E-state index contributed by atoms with van der Waals surface area (Å²) in [5.74, 6) is -2.54. The molecule has 0 spiro atoms. The van der Waals surface area contributed by atoms with Crippen LogP contribution in [0.1, 0.15) is 14.2 Å². The average Bonchev–Trinajstić information content (AvgIpc) is 2.65. The van der Waals surface area contributed by atoms with Crippen LogP contribution in [0.25, 0.3) is 0 Å². The first-order chi connectivity index (χ1) is 7.43. The average molecular weight is 234 g/mol. The molecule has 0 aromatic heterocycles. The molecule has 0 aliphatic carbocycles. The number of carboxylic acid groups (broad SMARTS) is 2. The summed E-state index contributed by atoms with van der Waals surface area (Å²) < 4.78 is 7.09. The zero-order chi connectivity index (χ0) is 12.3. The molecule has 2 atom stereocenters. The van der Waals surface area contributed by atoms with Crippen molar-refractivity contribution in [2.75, 3.05) is 11.6 Å². The molecule has 1 heterocycles. The zero-order valence-electron chi connectivity index (χ0n) is 8.75. The van der Waals surface area contributed by atoms with Gasteiger partial charge in [-0.25, -0.2) is 4.79 Å². The summed E-state index contributed by atoms with van der Waals surface area (Å²) in [6.07, 6.45) is -2.02. The van der Waals surface area contributed by atoms with Gasteiger partial charge in [-0.1, -0.05) is 0 Å². The Morgan fingerprint density at radius 1 is 1.47 bits per heavy atom. The van der Waals surface area contributed by atoms with E-state index in [-0.39, 0.29) is 5.88 Å². The van der Waals surface area contributed by atoms with Crippen LogP contribution >= 0.6 is 11.8 Å². The van der Waals surface area contributed by atoms with Gasteiger partial charge in [0.1, 0.15) is 6.04 Å². The molecule has 0 aromatic rings. The predicted octanol–water partition coefficient (Wildman–Crippen LogP) is -0.163. The number of rotatable bonds is 4. The van der Waals surface area contributed by atoms with E-state index >= 15 is 0 Å². The van der Waals surface area contributed by atoms with E-state index in [9.17, 15) is 14.4 Å². The van der Waals surface area contributed by atoms with Gasteiger partial charge in [0.05, 0.1) is 12.3 Å². The van der Waals surface area contributed by atoms with Crippen LogP contribution in [-0.2, 0) is 14.4 Å². The highest BCUT2D eigenvalue weighted by Crippen LogP contribution is 2.22. The number of hydrogen-bond donors (Lipinski definition) is 2. The van der Waals surface area contributed by atoms with Crippen LogP contribution in [-0.4, -0.2) is 50.6 Å². The summed E-state index contributed by atoms with van der Waals surface area (Å²) in [6.45, 7) is 0. The topological polar surface area (TPSA) is 94.9 Å². The van der Waals surface area contributed by atoms with E-state index < -0.39 is 36.7 Å². The molecule has 15 heavy (non-hydrogen) atoms. The Hall–Kier alpha value is -1.24. The molecule has 1 amide bonds. The van der Waals surface area contributed by atoms with Crippen molar-refractivity contribution >= 4 is 29.6 Å². The van der Waals surface area contributed by atoms with Crippen LogP contribution in [0.2, 0.25) is 0 Å². The van der Waals surface area contributed by atoms with Gasteiger partial charge in [-0.05, 0) is 0 Å². The molecule has 0 saturated carbocycles. The first-order valence-electron chi connectivity index (χ1n) is 4.76. The van der Waals surface area contributed by atoms with Crippen molar-refractivity contribution < 1.29 is 26.0 Å². The van der Waals surface area contributed by atoms with E-state index in [4.69, 9.17) is 11.6 Å². The number of carbonyl (C=O) groups excluding carboxylic acids is 1. The number of carbonyl (C=O) groups is 3. The normalized spacial score (nSPS) is 23.3. The van der Waals surface area contributed by atoms with Crippen LogP contribution in [0.4, 0.5) is 0 Å². The molecule has 0 aromatic carbocycles. The van der Waals surface area contributed by atoms with Gasteiger partial charge in [0.25, 0.3) is 0 Å². The third-order valence-corrected chi connectivity index (χ3v) is 2.95. The van der Waals surface area contributed by atoms with Crippen molar-refractivity contribution in [2.45, 2.75) is 18.9 Å². The molecule has 1 aliphatic rings. The molecule has 1 aliphatic heterocycles. The van der Waals surface area contributed by atoms with Crippen molar-refractivity contribution in [2.24, 2.45) is 0 Å². The Balaban J connectivity index is 2.60. The Morgan fingerprint density at radius 3 is 2.67 bits per heavy atom. The van der Waals surface area contributed by atoms with Crippen molar-refractivity contribution in [3.05, 3.63) is 0 Å². The third kappa shape index (κ3) is 3.12. The fourth-order valence-corrected chi connectivity index (χ4v) is 2.36. The van der Waals surface area contributed by atoms with E-state index in [1.165, 1.54) is 11.8 Å². The van der Waals surface area contributed by atoms with E-state index in [1.54, 1.807) is 0 Å². The fraction of sp³-hybridized carbons (Fsp3) is 0.625. The van der Waals surface area contributed by atoms with E-state index in [0.29, 0.717) is 5.75 Å². The van der Waals surface area contributed by atoms with Crippen LogP contribution < -0.4 is 0 Å². The molecule has 0 radical (unpaired) electrons. The Kier molecular flexibility index (Phi) is 3.44. The molecular formula is C8H11NO5S. The van der Waals surface area contributed by atoms with Crippen molar-refractivity contribution in [3.63, 3.8) is 0 Å². The van der Waals surface area contributed by atoms with Crippen LogP contribution in [0.3, 0.4) is 0 Å². The lowest BCUT2D eigenvalue weighted by Crippen LogP contribution is -2.41. The number of aliphatic carboxylic acids is 2. The Morgan fingerprint density at radius 2 is 2.13 bits per heavy atom. The molecular weight excluding hydrogens is 222 g/mol.